The van der Waals surface area contributed by atoms with Crippen LogP contribution in [0.3, 0.4) is 0 Å². The van der Waals surface area contributed by atoms with E-state index in [1.54, 1.807) is 31.4 Å². The molecule has 1 N–H and O–H groups in total. The molecule has 1 saturated heterocycles. The van der Waals surface area contributed by atoms with Gasteiger partial charge in [0.25, 0.3) is 0 Å². The zero-order chi connectivity index (χ0) is 18.7. The Morgan fingerprint density at radius 3 is 2.65 bits per heavy atom. The number of alkyl halides is 3. The number of anilines is 1. The molecule has 0 saturated carbocycles. The van der Waals surface area contributed by atoms with Crippen LogP contribution in [0, 0.1) is 0 Å². The minimum Gasteiger partial charge on any atom is -0.497 e. The number of hydrogen-bond donors (Lipinski definition) is 1. The molecule has 140 valence electrons. The van der Waals surface area contributed by atoms with Gasteiger partial charge in [-0.15, -0.1) is 10.2 Å². The van der Waals surface area contributed by atoms with Gasteiger partial charge in [-0.3, -0.25) is 0 Å². The van der Waals surface area contributed by atoms with E-state index in [0.29, 0.717) is 30.8 Å². The van der Waals surface area contributed by atoms with E-state index in [0.717, 1.165) is 0 Å². The SMILES string of the molecule is COc1ccc(NC(=O)N2CCCC(c3nnc(C(F)(F)F)o3)C2)cc1. The zero-order valence-corrected chi connectivity index (χ0v) is 13.9. The molecule has 1 aliphatic rings. The van der Waals surface area contributed by atoms with Crippen LogP contribution in [-0.4, -0.2) is 41.3 Å². The third-order valence-electron chi connectivity index (χ3n) is 4.08. The van der Waals surface area contributed by atoms with Gasteiger partial charge in [0.05, 0.1) is 13.0 Å². The van der Waals surface area contributed by atoms with Crippen LogP contribution in [0.5, 0.6) is 5.75 Å². The Labute approximate surface area is 147 Å². The lowest BCUT2D eigenvalue weighted by Gasteiger charge is -2.31. The maximum Gasteiger partial charge on any atom is 0.470 e. The number of halogens is 3. The maximum atomic E-state index is 12.6. The Kier molecular flexibility index (Phi) is 5.01. The van der Waals surface area contributed by atoms with Crippen LogP contribution in [0.2, 0.25) is 0 Å². The normalized spacial score (nSPS) is 17.8. The Morgan fingerprint density at radius 2 is 2.04 bits per heavy atom. The topological polar surface area (TPSA) is 80.5 Å². The average molecular weight is 370 g/mol. The van der Waals surface area contributed by atoms with Crippen LogP contribution in [-0.2, 0) is 6.18 Å². The lowest BCUT2D eigenvalue weighted by molar-refractivity contribution is -0.157. The third-order valence-corrected chi connectivity index (χ3v) is 4.08. The number of methoxy groups -OCH3 is 1. The van der Waals surface area contributed by atoms with E-state index in [1.807, 2.05) is 0 Å². The van der Waals surface area contributed by atoms with E-state index < -0.39 is 18.0 Å². The van der Waals surface area contributed by atoms with Crippen LogP contribution in [0.1, 0.15) is 30.5 Å². The largest absolute Gasteiger partial charge is 0.497 e. The van der Waals surface area contributed by atoms with E-state index in [-0.39, 0.29) is 18.5 Å². The summed E-state index contributed by atoms with van der Waals surface area (Å²) in [7, 11) is 1.54. The number of piperidine rings is 1. The van der Waals surface area contributed by atoms with Crippen molar-refractivity contribution in [2.24, 2.45) is 0 Å². The number of carbonyl (C=O) groups is 1. The lowest BCUT2D eigenvalue weighted by atomic mass is 9.98. The van der Waals surface area contributed by atoms with Crippen molar-refractivity contribution in [2.75, 3.05) is 25.5 Å². The molecule has 0 bridgehead atoms. The van der Waals surface area contributed by atoms with Gasteiger partial charge < -0.3 is 19.4 Å². The Hall–Kier alpha value is -2.78. The van der Waals surface area contributed by atoms with Crippen molar-refractivity contribution in [1.29, 1.82) is 0 Å². The third kappa shape index (κ3) is 4.06. The number of aromatic nitrogens is 2. The summed E-state index contributed by atoms with van der Waals surface area (Å²) in [6.45, 7) is 0.709. The van der Waals surface area contributed by atoms with Crippen LogP contribution in [0.25, 0.3) is 0 Å². The molecular weight excluding hydrogens is 353 g/mol. The van der Waals surface area contributed by atoms with E-state index in [1.165, 1.54) is 4.90 Å². The first-order valence-electron chi connectivity index (χ1n) is 7.97. The predicted molar refractivity (Wildman–Crippen MR) is 84.9 cm³/mol. The molecule has 26 heavy (non-hydrogen) atoms. The molecule has 1 aliphatic heterocycles. The summed E-state index contributed by atoms with van der Waals surface area (Å²) in [4.78, 5) is 13.9. The van der Waals surface area contributed by atoms with Gasteiger partial charge in [-0.05, 0) is 37.1 Å². The van der Waals surface area contributed by atoms with Crippen LogP contribution in [0.15, 0.2) is 28.7 Å². The smallest absolute Gasteiger partial charge is 0.470 e. The predicted octanol–water partition coefficient (Wildman–Crippen LogP) is 3.51. The number of amides is 2. The molecule has 1 atom stereocenters. The summed E-state index contributed by atoms with van der Waals surface area (Å²) in [6, 6.07) is 6.49. The van der Waals surface area contributed by atoms with E-state index in [2.05, 4.69) is 15.5 Å². The molecule has 1 aromatic carbocycles. The van der Waals surface area contributed by atoms with Crippen molar-refractivity contribution >= 4 is 11.7 Å². The van der Waals surface area contributed by atoms with Gasteiger partial charge in [0.15, 0.2) is 0 Å². The quantitative estimate of drug-likeness (QED) is 0.894. The van der Waals surface area contributed by atoms with Crippen LogP contribution < -0.4 is 10.1 Å². The first-order valence-corrected chi connectivity index (χ1v) is 7.97. The molecule has 2 aromatic rings. The number of nitrogens with zero attached hydrogens (tertiary/aromatic N) is 3. The summed E-state index contributed by atoms with van der Waals surface area (Å²) in [5, 5.41) is 9.29. The molecule has 10 heteroatoms. The Bertz CT molecular complexity index is 761. The monoisotopic (exact) mass is 370 g/mol. The van der Waals surface area contributed by atoms with E-state index in [4.69, 9.17) is 9.15 Å². The summed E-state index contributed by atoms with van der Waals surface area (Å²) in [5.41, 5.74) is 0.593. The average Bonchev–Trinajstić information content (AvgIpc) is 3.13. The second-order valence-corrected chi connectivity index (χ2v) is 5.89. The lowest BCUT2D eigenvalue weighted by Crippen LogP contribution is -2.41. The fourth-order valence-corrected chi connectivity index (χ4v) is 2.75. The van der Waals surface area contributed by atoms with Crippen molar-refractivity contribution in [1.82, 2.24) is 15.1 Å². The first-order chi connectivity index (χ1) is 12.4. The highest BCUT2D eigenvalue weighted by Gasteiger charge is 2.39. The van der Waals surface area contributed by atoms with Gasteiger partial charge in [-0.1, -0.05) is 0 Å². The minimum absolute atomic E-state index is 0.0979. The molecule has 7 nitrogen and oxygen atoms in total. The Morgan fingerprint density at radius 1 is 1.31 bits per heavy atom. The van der Waals surface area contributed by atoms with Gasteiger partial charge in [0.2, 0.25) is 5.89 Å². The highest BCUT2D eigenvalue weighted by molar-refractivity contribution is 5.89. The van der Waals surface area contributed by atoms with Crippen LogP contribution >= 0.6 is 0 Å². The van der Waals surface area contributed by atoms with Gasteiger partial charge in [-0.25, -0.2) is 4.79 Å². The van der Waals surface area contributed by atoms with E-state index in [9.17, 15) is 18.0 Å². The molecule has 1 unspecified atom stereocenters. The molecule has 2 heterocycles. The second-order valence-electron chi connectivity index (χ2n) is 5.89. The van der Waals surface area contributed by atoms with Crippen LogP contribution in [0.4, 0.5) is 23.7 Å². The van der Waals surface area contributed by atoms with Gasteiger partial charge in [0.1, 0.15) is 5.75 Å². The Balaban J connectivity index is 1.63. The van der Waals surface area contributed by atoms with Crippen molar-refractivity contribution in [2.45, 2.75) is 24.9 Å². The molecule has 0 radical (unpaired) electrons. The van der Waals surface area contributed by atoms with Crippen molar-refractivity contribution < 1.29 is 27.1 Å². The first kappa shape index (κ1) is 18.0. The summed E-state index contributed by atoms with van der Waals surface area (Å²) in [5.74, 6) is -1.22. The molecule has 1 fully saturated rings. The molecule has 2 amide bonds. The van der Waals surface area contributed by atoms with Gasteiger partial charge in [0, 0.05) is 18.8 Å². The molecule has 0 aliphatic carbocycles. The molecule has 3 rings (SSSR count). The number of benzene rings is 1. The van der Waals surface area contributed by atoms with Crippen molar-refractivity contribution in [3.05, 3.63) is 36.0 Å². The number of nitrogens with one attached hydrogen (secondary N) is 1. The highest BCUT2D eigenvalue weighted by atomic mass is 19.4. The van der Waals surface area contributed by atoms with E-state index >= 15 is 0 Å². The minimum atomic E-state index is -4.68. The van der Waals surface area contributed by atoms with Gasteiger partial charge in [-0.2, -0.15) is 13.2 Å². The molecule has 1 aromatic heterocycles. The number of rotatable bonds is 3. The second kappa shape index (κ2) is 7.22. The number of hydrogen-bond acceptors (Lipinski definition) is 5. The number of ether oxygens (including phenoxy) is 1. The number of carbonyl (C=O) groups excluding carboxylic acids is 1. The number of urea groups is 1. The summed E-state index contributed by atoms with van der Waals surface area (Å²) in [6.07, 6.45) is -3.47. The van der Waals surface area contributed by atoms with Crippen molar-refractivity contribution in [3.8, 4) is 5.75 Å². The summed E-state index contributed by atoms with van der Waals surface area (Å²) >= 11 is 0. The summed E-state index contributed by atoms with van der Waals surface area (Å²) < 4.78 is 47.6. The fourth-order valence-electron chi connectivity index (χ4n) is 2.75. The van der Waals surface area contributed by atoms with Crippen molar-refractivity contribution in [3.63, 3.8) is 0 Å². The zero-order valence-electron chi connectivity index (χ0n) is 13.9. The fraction of sp³-hybridized carbons (Fsp3) is 0.438. The molecular formula is C16H17F3N4O3. The van der Waals surface area contributed by atoms with Gasteiger partial charge >= 0.3 is 18.1 Å². The standard InChI is InChI=1S/C16H17F3N4O3/c1-25-12-6-4-11(5-7-12)20-15(24)23-8-2-3-10(9-23)13-21-22-14(26-13)16(17,18)19/h4-7,10H,2-3,8-9H2,1H3,(H,20,24). The molecule has 0 spiro atoms. The highest BCUT2D eigenvalue weighted by Crippen LogP contribution is 2.32. The number of likely N-dealkylation sites (tertiary alicyclic amines) is 1. The maximum absolute atomic E-state index is 12.6.